The van der Waals surface area contributed by atoms with Gasteiger partial charge in [-0.05, 0) is 61.7 Å². The van der Waals surface area contributed by atoms with Crippen LogP contribution in [0.5, 0.6) is 5.75 Å². The number of aryl methyl sites for hydroxylation is 1. The second-order valence-corrected chi connectivity index (χ2v) is 9.06. The highest BCUT2D eigenvalue weighted by Gasteiger charge is 2.43. The summed E-state index contributed by atoms with van der Waals surface area (Å²) in [6, 6.07) is 9.69. The molecule has 30 heavy (non-hydrogen) atoms. The van der Waals surface area contributed by atoms with Crippen LogP contribution in [0.4, 0.5) is 0 Å². The Morgan fingerprint density at radius 1 is 1.10 bits per heavy atom. The van der Waals surface area contributed by atoms with E-state index in [1.165, 1.54) is 11.5 Å². The summed E-state index contributed by atoms with van der Waals surface area (Å²) >= 11 is 1.18. The molecule has 4 rings (SSSR count). The normalized spacial score (nSPS) is 18.0. The van der Waals surface area contributed by atoms with Crippen molar-refractivity contribution in [1.82, 2.24) is 19.4 Å². The highest BCUT2D eigenvalue weighted by atomic mass is 32.1. The van der Waals surface area contributed by atoms with Gasteiger partial charge in [0.05, 0.1) is 12.3 Å². The quantitative estimate of drug-likeness (QED) is 0.661. The van der Waals surface area contributed by atoms with Crippen molar-refractivity contribution in [3.63, 3.8) is 0 Å². The highest BCUT2D eigenvalue weighted by molar-refractivity contribution is 7.07. The Kier molecular flexibility index (Phi) is 6.32. The van der Waals surface area contributed by atoms with Gasteiger partial charge in [-0.1, -0.05) is 22.7 Å². The molecule has 0 unspecified atom stereocenters. The fourth-order valence-electron chi connectivity index (χ4n) is 4.41. The largest absolute Gasteiger partial charge is 0.494 e. The SMILES string of the molecule is Cc1nnsc1C(=O)N1CCC2(CCN(C(=O)CCCOc3ccccc3)CC2)C1. The van der Waals surface area contributed by atoms with E-state index < -0.39 is 0 Å². The van der Waals surface area contributed by atoms with Gasteiger partial charge in [-0.2, -0.15) is 0 Å². The topological polar surface area (TPSA) is 75.6 Å². The van der Waals surface area contributed by atoms with Gasteiger partial charge in [0.25, 0.3) is 5.91 Å². The Bertz CT molecular complexity index is 878. The number of likely N-dealkylation sites (tertiary alicyclic amines) is 2. The Hall–Kier alpha value is -2.48. The zero-order valence-corrected chi connectivity index (χ0v) is 18.2. The summed E-state index contributed by atoms with van der Waals surface area (Å²) in [5.74, 6) is 1.10. The summed E-state index contributed by atoms with van der Waals surface area (Å²) < 4.78 is 9.56. The van der Waals surface area contributed by atoms with Crippen molar-refractivity contribution in [2.24, 2.45) is 5.41 Å². The van der Waals surface area contributed by atoms with E-state index in [9.17, 15) is 9.59 Å². The van der Waals surface area contributed by atoms with Crippen molar-refractivity contribution in [2.75, 3.05) is 32.8 Å². The van der Waals surface area contributed by atoms with Crippen LogP contribution in [0, 0.1) is 12.3 Å². The molecule has 8 heteroatoms. The third-order valence-corrected chi connectivity index (χ3v) is 7.11. The second kappa shape index (κ2) is 9.12. The number of para-hydroxylation sites is 1. The van der Waals surface area contributed by atoms with Gasteiger partial charge < -0.3 is 14.5 Å². The predicted octanol–water partition coefficient (Wildman–Crippen LogP) is 3.16. The smallest absolute Gasteiger partial charge is 0.267 e. The minimum Gasteiger partial charge on any atom is -0.494 e. The van der Waals surface area contributed by atoms with Crippen LogP contribution in [0.25, 0.3) is 0 Å². The Morgan fingerprint density at radius 2 is 1.80 bits per heavy atom. The number of hydrogen-bond donors (Lipinski definition) is 0. The van der Waals surface area contributed by atoms with Crippen LogP contribution in [-0.2, 0) is 4.79 Å². The molecule has 0 atom stereocenters. The molecule has 7 nitrogen and oxygen atoms in total. The van der Waals surface area contributed by atoms with Gasteiger partial charge in [0, 0.05) is 32.6 Å². The molecule has 2 aliphatic heterocycles. The Morgan fingerprint density at radius 3 is 2.47 bits per heavy atom. The summed E-state index contributed by atoms with van der Waals surface area (Å²) in [7, 11) is 0. The number of carbonyl (C=O) groups is 2. The molecule has 0 N–H and O–H groups in total. The number of aromatic nitrogens is 2. The van der Waals surface area contributed by atoms with Crippen LogP contribution in [0.1, 0.15) is 47.5 Å². The van der Waals surface area contributed by atoms with Crippen molar-refractivity contribution in [2.45, 2.75) is 39.0 Å². The maximum Gasteiger partial charge on any atom is 0.267 e. The van der Waals surface area contributed by atoms with Crippen molar-refractivity contribution in [1.29, 1.82) is 0 Å². The number of ether oxygens (including phenoxy) is 1. The number of amides is 2. The van der Waals surface area contributed by atoms with Gasteiger partial charge in [0.1, 0.15) is 10.6 Å². The van der Waals surface area contributed by atoms with Crippen LogP contribution in [0.2, 0.25) is 0 Å². The van der Waals surface area contributed by atoms with Crippen LogP contribution < -0.4 is 4.74 Å². The van der Waals surface area contributed by atoms with Crippen molar-refractivity contribution in [3.05, 3.63) is 40.9 Å². The van der Waals surface area contributed by atoms with Gasteiger partial charge in [-0.25, -0.2) is 0 Å². The summed E-state index contributed by atoms with van der Waals surface area (Å²) in [6.07, 6.45) is 4.17. The first-order valence-corrected chi connectivity index (χ1v) is 11.4. The van der Waals surface area contributed by atoms with E-state index in [1.54, 1.807) is 0 Å². The summed E-state index contributed by atoms with van der Waals surface area (Å²) in [4.78, 5) is 29.9. The molecular weight excluding hydrogens is 400 g/mol. The van der Waals surface area contributed by atoms with E-state index in [2.05, 4.69) is 9.59 Å². The molecule has 2 aliphatic rings. The van der Waals surface area contributed by atoms with E-state index >= 15 is 0 Å². The third-order valence-electron chi connectivity index (χ3n) is 6.30. The van der Waals surface area contributed by atoms with Gasteiger partial charge in [0.2, 0.25) is 5.91 Å². The minimum absolute atomic E-state index is 0.0521. The van der Waals surface area contributed by atoms with E-state index in [-0.39, 0.29) is 17.2 Å². The van der Waals surface area contributed by atoms with Crippen LogP contribution in [0.3, 0.4) is 0 Å². The van der Waals surface area contributed by atoms with Crippen molar-refractivity contribution < 1.29 is 14.3 Å². The number of carbonyl (C=O) groups excluding carboxylic acids is 2. The zero-order valence-electron chi connectivity index (χ0n) is 17.4. The van der Waals surface area contributed by atoms with E-state index in [4.69, 9.17) is 4.74 Å². The zero-order chi connectivity index (χ0) is 21.0. The monoisotopic (exact) mass is 428 g/mol. The maximum absolute atomic E-state index is 12.8. The fraction of sp³-hybridized carbons (Fsp3) is 0.545. The molecule has 0 aliphatic carbocycles. The molecule has 2 aromatic rings. The molecule has 2 fully saturated rings. The standard InChI is InChI=1S/C22H28N4O3S/c1-17-20(30-24-23-17)21(28)26-14-11-22(16-26)9-12-25(13-10-22)19(27)8-5-15-29-18-6-3-2-4-7-18/h2-4,6-7H,5,8-16H2,1H3. The predicted molar refractivity (Wildman–Crippen MR) is 115 cm³/mol. The van der Waals surface area contributed by atoms with E-state index in [1.807, 2.05) is 47.1 Å². The molecule has 0 radical (unpaired) electrons. The molecule has 1 aromatic heterocycles. The van der Waals surface area contributed by atoms with Crippen LogP contribution >= 0.6 is 11.5 Å². The van der Waals surface area contributed by atoms with Crippen LogP contribution in [0.15, 0.2) is 30.3 Å². The molecular formula is C22H28N4O3S. The lowest BCUT2D eigenvalue weighted by atomic mass is 9.77. The van der Waals surface area contributed by atoms with Gasteiger partial charge in [-0.15, -0.1) is 5.10 Å². The first-order valence-electron chi connectivity index (χ1n) is 10.6. The Balaban J connectivity index is 1.20. The fourth-order valence-corrected chi connectivity index (χ4v) is 5.03. The van der Waals surface area contributed by atoms with Crippen LogP contribution in [-0.4, -0.2) is 64.0 Å². The molecule has 160 valence electrons. The van der Waals surface area contributed by atoms with Gasteiger partial charge in [-0.3, -0.25) is 9.59 Å². The lowest BCUT2D eigenvalue weighted by molar-refractivity contribution is -0.133. The maximum atomic E-state index is 12.8. The molecule has 2 amide bonds. The summed E-state index contributed by atoms with van der Waals surface area (Å²) in [5, 5.41) is 3.96. The van der Waals surface area contributed by atoms with Gasteiger partial charge in [0.15, 0.2) is 0 Å². The third kappa shape index (κ3) is 4.64. The lowest BCUT2D eigenvalue weighted by Gasteiger charge is -2.39. The molecule has 0 saturated carbocycles. The minimum atomic E-state index is 0.0521. The number of benzene rings is 1. The molecule has 2 saturated heterocycles. The average molecular weight is 429 g/mol. The lowest BCUT2D eigenvalue weighted by Crippen LogP contribution is -2.44. The highest BCUT2D eigenvalue weighted by Crippen LogP contribution is 2.41. The molecule has 1 spiro atoms. The van der Waals surface area contributed by atoms with E-state index in [0.29, 0.717) is 23.6 Å². The van der Waals surface area contributed by atoms with Gasteiger partial charge >= 0.3 is 0 Å². The first kappa shape index (κ1) is 20.8. The first-order chi connectivity index (χ1) is 14.6. The number of piperidine rings is 1. The molecule has 3 heterocycles. The second-order valence-electron chi connectivity index (χ2n) is 8.31. The summed E-state index contributed by atoms with van der Waals surface area (Å²) in [6.45, 7) is 5.49. The van der Waals surface area contributed by atoms with E-state index in [0.717, 1.165) is 57.6 Å². The Labute approximate surface area is 181 Å². The molecule has 0 bridgehead atoms. The number of rotatable bonds is 6. The van der Waals surface area contributed by atoms with Crippen molar-refractivity contribution in [3.8, 4) is 5.75 Å². The molecule has 1 aromatic carbocycles. The summed E-state index contributed by atoms with van der Waals surface area (Å²) in [5.41, 5.74) is 0.858. The number of hydrogen-bond acceptors (Lipinski definition) is 6. The average Bonchev–Trinajstić information content (AvgIpc) is 3.38. The van der Waals surface area contributed by atoms with Crippen molar-refractivity contribution >= 4 is 23.3 Å². The number of nitrogens with zero attached hydrogens (tertiary/aromatic N) is 4.